The van der Waals surface area contributed by atoms with Crippen molar-refractivity contribution in [2.24, 2.45) is 0 Å². The van der Waals surface area contributed by atoms with Gasteiger partial charge in [-0.05, 0) is 121 Å². The molecule has 61 heavy (non-hydrogen) atoms. The molecule has 6 aromatic carbocycles. The van der Waals surface area contributed by atoms with E-state index in [-0.39, 0.29) is 17.1 Å². The van der Waals surface area contributed by atoms with Crippen LogP contribution in [0.5, 0.6) is 23.0 Å². The zero-order chi connectivity index (χ0) is 41.0. The molecule has 4 heterocycles. The maximum Gasteiger partial charge on any atom is 0.118 e. The van der Waals surface area contributed by atoms with Crippen molar-refractivity contribution in [3.8, 4) is 68.0 Å². The van der Waals surface area contributed by atoms with Crippen molar-refractivity contribution in [2.45, 2.75) is 0 Å². The van der Waals surface area contributed by atoms with Crippen molar-refractivity contribution in [1.29, 1.82) is 0 Å². The molecule has 1 radical (unpaired) electrons. The monoisotopic (exact) mass is 847 g/mol. The Labute approximate surface area is 364 Å². The molecule has 303 valence electrons. The molecule has 0 N–H and O–H groups in total. The van der Waals surface area contributed by atoms with Crippen LogP contribution in [0.2, 0.25) is 0 Å². The van der Waals surface area contributed by atoms with Crippen LogP contribution < -0.4 is 18.9 Å². The molecule has 0 unspecified atom stereocenters. The molecule has 0 saturated heterocycles. The van der Waals surface area contributed by atoms with E-state index in [9.17, 15) is 0 Å². The summed E-state index contributed by atoms with van der Waals surface area (Å²) in [5.74, 6) is 3.32. The summed E-state index contributed by atoms with van der Waals surface area (Å²) in [5.41, 5.74) is 11.4. The van der Waals surface area contributed by atoms with Gasteiger partial charge in [0.05, 0.1) is 73.3 Å². The molecule has 0 fully saturated rings. The smallest absolute Gasteiger partial charge is 0.118 e. The minimum Gasteiger partial charge on any atom is -0.497 e. The molecule has 10 aromatic rings. The quantitative estimate of drug-likeness (QED) is 0.110. The van der Waals surface area contributed by atoms with Crippen LogP contribution in [-0.2, 0) is 17.1 Å². The van der Waals surface area contributed by atoms with Gasteiger partial charge in [-0.15, -0.1) is 0 Å². The maximum atomic E-state index is 5.26. The van der Waals surface area contributed by atoms with E-state index >= 15 is 0 Å². The predicted octanol–water partition coefficient (Wildman–Crippen LogP) is 12.3. The second-order valence-corrected chi connectivity index (χ2v) is 14.1. The van der Waals surface area contributed by atoms with Crippen LogP contribution in [0.3, 0.4) is 0 Å². The third-order valence-corrected chi connectivity index (χ3v) is 10.6. The van der Waals surface area contributed by atoms with Crippen molar-refractivity contribution in [1.82, 2.24) is 19.9 Å². The fraction of sp³-hybridized carbons (Fsp3) is 0.0769. The SMILES string of the molecule is COc1ccc(-c2ccc3ccc4ccc(-c5ccc(OC)cc5)nc4c3n2)cc1.COc1ccc(-c2ccc3ccc4ccc(-c5ccc(OC)cc5)nc4c3n2)cc1.[Cu]. The van der Waals surface area contributed by atoms with E-state index < -0.39 is 0 Å². The first-order valence-electron chi connectivity index (χ1n) is 19.5. The Morgan fingerprint density at radius 2 is 0.426 bits per heavy atom. The molecule has 0 amide bonds. The molecule has 0 aliphatic carbocycles. The minimum absolute atomic E-state index is 0. The average molecular weight is 848 g/mol. The molecule has 0 aliphatic heterocycles. The van der Waals surface area contributed by atoms with Crippen LogP contribution in [-0.4, -0.2) is 48.4 Å². The number of ether oxygens (including phenoxy) is 4. The van der Waals surface area contributed by atoms with Crippen LogP contribution in [0.1, 0.15) is 0 Å². The Kier molecular flexibility index (Phi) is 11.9. The first-order valence-corrected chi connectivity index (χ1v) is 19.5. The van der Waals surface area contributed by atoms with Crippen LogP contribution in [0.15, 0.2) is 170 Å². The first kappa shape index (κ1) is 40.5. The van der Waals surface area contributed by atoms with Crippen molar-refractivity contribution in [2.75, 3.05) is 28.4 Å². The Morgan fingerprint density at radius 3 is 0.607 bits per heavy atom. The van der Waals surface area contributed by atoms with E-state index in [1.807, 2.05) is 121 Å². The molecule has 9 heteroatoms. The molecule has 0 atom stereocenters. The summed E-state index contributed by atoms with van der Waals surface area (Å²) in [6, 6.07) is 56.7. The van der Waals surface area contributed by atoms with Crippen LogP contribution in [0.25, 0.3) is 88.6 Å². The Hall–Kier alpha value is -7.32. The van der Waals surface area contributed by atoms with Gasteiger partial charge in [-0.25, -0.2) is 19.9 Å². The first-order chi connectivity index (χ1) is 29.5. The largest absolute Gasteiger partial charge is 0.497 e. The number of hydrogen-bond donors (Lipinski definition) is 0. The summed E-state index contributed by atoms with van der Waals surface area (Å²) in [4.78, 5) is 19.9. The zero-order valence-electron chi connectivity index (χ0n) is 33.9. The summed E-state index contributed by atoms with van der Waals surface area (Å²) in [5, 5.41) is 4.27. The number of nitrogens with zero attached hydrogens (tertiary/aromatic N) is 4. The molecular formula is C52H40CuN4O4. The Morgan fingerprint density at radius 1 is 0.246 bits per heavy atom. The molecular weight excluding hydrogens is 808 g/mol. The molecule has 10 rings (SSSR count). The van der Waals surface area contributed by atoms with Gasteiger partial charge >= 0.3 is 0 Å². The molecule has 0 bridgehead atoms. The fourth-order valence-electron chi connectivity index (χ4n) is 7.23. The summed E-state index contributed by atoms with van der Waals surface area (Å²) < 4.78 is 21.1. The third-order valence-electron chi connectivity index (χ3n) is 10.6. The van der Waals surface area contributed by atoms with Crippen molar-refractivity contribution >= 4 is 43.6 Å². The summed E-state index contributed by atoms with van der Waals surface area (Å²) in [6.45, 7) is 0. The van der Waals surface area contributed by atoms with E-state index in [4.69, 9.17) is 38.9 Å². The normalized spacial score (nSPS) is 10.8. The van der Waals surface area contributed by atoms with Crippen LogP contribution in [0.4, 0.5) is 0 Å². The number of benzene rings is 6. The molecule has 0 spiro atoms. The number of hydrogen-bond acceptors (Lipinski definition) is 8. The fourth-order valence-corrected chi connectivity index (χ4v) is 7.23. The van der Waals surface area contributed by atoms with Crippen molar-refractivity contribution in [3.63, 3.8) is 0 Å². The van der Waals surface area contributed by atoms with E-state index in [1.54, 1.807) is 28.4 Å². The van der Waals surface area contributed by atoms with Crippen molar-refractivity contribution in [3.05, 3.63) is 170 Å². The number of methoxy groups -OCH3 is 4. The van der Waals surface area contributed by atoms with Gasteiger partial charge in [-0.2, -0.15) is 0 Å². The second kappa shape index (κ2) is 17.9. The van der Waals surface area contributed by atoms with Gasteiger partial charge in [0.15, 0.2) is 0 Å². The third kappa shape index (κ3) is 8.43. The van der Waals surface area contributed by atoms with E-state index in [0.29, 0.717) is 0 Å². The predicted molar refractivity (Wildman–Crippen MR) is 242 cm³/mol. The van der Waals surface area contributed by atoms with Crippen LogP contribution in [0, 0.1) is 0 Å². The maximum absolute atomic E-state index is 5.26. The van der Waals surface area contributed by atoms with Gasteiger partial charge in [0, 0.05) is 60.9 Å². The van der Waals surface area contributed by atoms with Crippen molar-refractivity contribution < 1.29 is 36.0 Å². The second-order valence-electron chi connectivity index (χ2n) is 14.1. The number of pyridine rings is 4. The Balaban J connectivity index is 0.000000166. The minimum atomic E-state index is 0. The summed E-state index contributed by atoms with van der Waals surface area (Å²) in [6.07, 6.45) is 0. The van der Waals surface area contributed by atoms with Gasteiger partial charge in [-0.3, -0.25) is 0 Å². The number of rotatable bonds is 8. The number of aromatic nitrogens is 4. The Bertz CT molecular complexity index is 2700. The van der Waals surface area contributed by atoms with Gasteiger partial charge in [0.1, 0.15) is 23.0 Å². The van der Waals surface area contributed by atoms with Gasteiger partial charge < -0.3 is 18.9 Å². The molecule has 4 aromatic heterocycles. The van der Waals surface area contributed by atoms with Gasteiger partial charge in [-0.1, -0.05) is 48.5 Å². The van der Waals surface area contributed by atoms with E-state index in [2.05, 4.69) is 48.5 Å². The molecule has 8 nitrogen and oxygen atoms in total. The van der Waals surface area contributed by atoms with Crippen LogP contribution >= 0.6 is 0 Å². The average Bonchev–Trinajstić information content (AvgIpc) is 3.33. The standard InChI is InChI=1S/2C26H20N2O2.Cu/c2*1-29-21-11-5-17(6-12-21)23-15-9-19-3-4-20-10-16-24(28-26(20)25(19)27-23)18-7-13-22(30-2)14-8-18;/h2*3-16H,1-2H3;. The topological polar surface area (TPSA) is 88.5 Å². The zero-order valence-corrected chi connectivity index (χ0v) is 34.8. The van der Waals surface area contributed by atoms with Gasteiger partial charge in [0.2, 0.25) is 0 Å². The summed E-state index contributed by atoms with van der Waals surface area (Å²) >= 11 is 0. The number of fused-ring (bicyclic) bond motifs is 6. The molecule has 0 saturated carbocycles. The van der Waals surface area contributed by atoms with E-state index in [1.165, 1.54) is 0 Å². The van der Waals surface area contributed by atoms with Gasteiger partial charge in [0.25, 0.3) is 0 Å². The molecule has 0 aliphatic rings. The van der Waals surface area contributed by atoms with E-state index in [0.717, 1.165) is 112 Å². The summed E-state index contributed by atoms with van der Waals surface area (Å²) in [7, 11) is 6.67.